The third-order valence-corrected chi connectivity index (χ3v) is 3.63. The Morgan fingerprint density at radius 1 is 1.44 bits per heavy atom. The normalized spacial score (nSPS) is 14.6. The van der Waals surface area contributed by atoms with Crippen molar-refractivity contribution in [3.8, 4) is 0 Å². The first-order valence-electron chi connectivity index (χ1n) is 6.11. The van der Waals surface area contributed by atoms with E-state index in [9.17, 15) is 0 Å². The highest BCUT2D eigenvalue weighted by atomic mass is 35.5. The predicted octanol–water partition coefficient (Wildman–Crippen LogP) is 2.97. The highest BCUT2D eigenvalue weighted by Gasteiger charge is 2.19. The number of hydrogen-bond donors (Lipinski definition) is 0. The fourth-order valence-electron chi connectivity index (χ4n) is 2.30. The first-order chi connectivity index (χ1) is 8.74. The molecule has 94 valence electrons. The van der Waals surface area contributed by atoms with Gasteiger partial charge < -0.3 is 4.74 Å². The number of aryl methyl sites for hydroxylation is 1. The molecule has 0 atom stereocenters. The summed E-state index contributed by atoms with van der Waals surface area (Å²) < 4.78 is 7.29. The van der Waals surface area contributed by atoms with Gasteiger partial charge in [0.15, 0.2) is 0 Å². The van der Waals surface area contributed by atoms with Gasteiger partial charge in [0.1, 0.15) is 5.15 Å². The average Bonchev–Trinajstić information content (AvgIpc) is 2.67. The van der Waals surface area contributed by atoms with E-state index in [1.807, 2.05) is 4.68 Å². The van der Waals surface area contributed by atoms with Crippen LogP contribution in [0.2, 0.25) is 5.15 Å². The van der Waals surface area contributed by atoms with E-state index in [0.29, 0.717) is 18.3 Å². The highest BCUT2D eigenvalue weighted by molar-refractivity contribution is 6.30. The first-order valence-corrected chi connectivity index (χ1v) is 6.49. The maximum atomic E-state index is 6.35. The number of hydrogen-bond acceptors (Lipinski definition) is 2. The van der Waals surface area contributed by atoms with Crippen molar-refractivity contribution in [3.05, 3.63) is 51.8 Å². The lowest BCUT2D eigenvalue weighted by Gasteiger charge is -2.09. The van der Waals surface area contributed by atoms with E-state index in [1.165, 1.54) is 11.1 Å². The predicted molar refractivity (Wildman–Crippen MR) is 70.9 cm³/mol. The summed E-state index contributed by atoms with van der Waals surface area (Å²) in [5.41, 5.74) is 4.61. The second-order valence-corrected chi connectivity index (χ2v) is 5.02. The Morgan fingerprint density at radius 3 is 3.11 bits per heavy atom. The molecule has 1 aromatic carbocycles. The molecule has 0 N–H and O–H groups in total. The molecule has 0 spiro atoms. The van der Waals surface area contributed by atoms with Crippen molar-refractivity contribution in [2.75, 3.05) is 6.61 Å². The van der Waals surface area contributed by atoms with Gasteiger partial charge in [0, 0.05) is 12.0 Å². The summed E-state index contributed by atoms with van der Waals surface area (Å²) in [5, 5.41) is 5.29. The summed E-state index contributed by atoms with van der Waals surface area (Å²) in [6, 6.07) is 8.41. The van der Waals surface area contributed by atoms with E-state index in [4.69, 9.17) is 16.3 Å². The van der Waals surface area contributed by atoms with Crippen LogP contribution in [0.1, 0.15) is 22.4 Å². The fraction of sp³-hybridized carbons (Fsp3) is 0.357. The molecule has 4 heteroatoms. The fourth-order valence-corrected chi connectivity index (χ4v) is 2.56. The quantitative estimate of drug-likeness (QED) is 0.832. The standard InChI is InChI=1S/C14H15ClN2O/c1-10-3-2-4-11(7-10)8-17-14(15)12-9-18-6-5-13(12)16-17/h2-4,7H,5-6,8-9H2,1H3. The number of fused-ring (bicyclic) bond motifs is 1. The molecule has 0 unspecified atom stereocenters. The molecule has 0 amide bonds. The Hall–Kier alpha value is -1.32. The van der Waals surface area contributed by atoms with Gasteiger partial charge in [-0.1, -0.05) is 41.4 Å². The Bertz CT molecular complexity index is 577. The van der Waals surface area contributed by atoms with Crippen molar-refractivity contribution in [2.24, 2.45) is 0 Å². The third-order valence-electron chi connectivity index (χ3n) is 3.21. The molecule has 3 nitrogen and oxygen atoms in total. The van der Waals surface area contributed by atoms with E-state index in [2.05, 4.69) is 36.3 Å². The average molecular weight is 263 g/mol. The van der Waals surface area contributed by atoms with Crippen LogP contribution in [0.5, 0.6) is 0 Å². The van der Waals surface area contributed by atoms with Crippen molar-refractivity contribution in [1.29, 1.82) is 0 Å². The second kappa shape index (κ2) is 4.75. The van der Waals surface area contributed by atoms with Gasteiger partial charge in [-0.05, 0) is 12.5 Å². The number of rotatable bonds is 2. The van der Waals surface area contributed by atoms with Crippen LogP contribution < -0.4 is 0 Å². The number of nitrogens with zero attached hydrogens (tertiary/aromatic N) is 2. The van der Waals surface area contributed by atoms with Gasteiger partial charge in [0.05, 0.1) is 25.5 Å². The van der Waals surface area contributed by atoms with E-state index in [-0.39, 0.29) is 0 Å². The number of ether oxygens (including phenoxy) is 1. The molecule has 0 radical (unpaired) electrons. The molecule has 2 heterocycles. The van der Waals surface area contributed by atoms with Gasteiger partial charge in [-0.15, -0.1) is 0 Å². The Labute approximate surface area is 111 Å². The van der Waals surface area contributed by atoms with E-state index in [0.717, 1.165) is 24.3 Å². The van der Waals surface area contributed by atoms with Gasteiger partial charge in [-0.3, -0.25) is 0 Å². The van der Waals surface area contributed by atoms with Gasteiger partial charge in [-0.25, -0.2) is 4.68 Å². The molecule has 18 heavy (non-hydrogen) atoms. The zero-order valence-electron chi connectivity index (χ0n) is 10.3. The van der Waals surface area contributed by atoms with E-state index >= 15 is 0 Å². The van der Waals surface area contributed by atoms with Crippen LogP contribution in [-0.2, 0) is 24.3 Å². The van der Waals surface area contributed by atoms with E-state index < -0.39 is 0 Å². The van der Waals surface area contributed by atoms with Gasteiger partial charge in [0.25, 0.3) is 0 Å². The SMILES string of the molecule is Cc1cccc(Cn2nc3c(c2Cl)COCC3)c1. The smallest absolute Gasteiger partial charge is 0.133 e. The lowest BCUT2D eigenvalue weighted by atomic mass is 10.1. The number of halogens is 1. The monoisotopic (exact) mass is 262 g/mol. The van der Waals surface area contributed by atoms with Crippen LogP contribution in [-0.4, -0.2) is 16.4 Å². The molecule has 2 aromatic rings. The van der Waals surface area contributed by atoms with E-state index in [1.54, 1.807) is 0 Å². The Morgan fingerprint density at radius 2 is 2.33 bits per heavy atom. The van der Waals surface area contributed by atoms with Gasteiger partial charge >= 0.3 is 0 Å². The zero-order valence-corrected chi connectivity index (χ0v) is 11.1. The maximum absolute atomic E-state index is 6.35. The highest BCUT2D eigenvalue weighted by Crippen LogP contribution is 2.25. The minimum absolute atomic E-state index is 0.585. The van der Waals surface area contributed by atoms with Crippen molar-refractivity contribution >= 4 is 11.6 Å². The molecule has 1 aromatic heterocycles. The minimum atomic E-state index is 0.585. The molecule has 0 saturated carbocycles. The molecule has 1 aliphatic heterocycles. The minimum Gasteiger partial charge on any atom is -0.376 e. The third kappa shape index (κ3) is 2.16. The molecular formula is C14H15ClN2O. The molecule has 0 aliphatic carbocycles. The largest absolute Gasteiger partial charge is 0.376 e. The molecule has 0 bridgehead atoms. The lowest BCUT2D eigenvalue weighted by Crippen LogP contribution is -2.08. The van der Waals surface area contributed by atoms with Crippen molar-refractivity contribution in [3.63, 3.8) is 0 Å². The van der Waals surface area contributed by atoms with Gasteiger partial charge in [-0.2, -0.15) is 5.10 Å². The van der Waals surface area contributed by atoms with Crippen molar-refractivity contribution in [2.45, 2.75) is 26.5 Å². The zero-order chi connectivity index (χ0) is 12.5. The number of aromatic nitrogens is 2. The lowest BCUT2D eigenvalue weighted by molar-refractivity contribution is 0.110. The molecular weight excluding hydrogens is 248 g/mol. The summed E-state index contributed by atoms with van der Waals surface area (Å²) in [6.45, 7) is 4.13. The summed E-state index contributed by atoms with van der Waals surface area (Å²) in [6.07, 6.45) is 0.857. The summed E-state index contributed by atoms with van der Waals surface area (Å²) in [7, 11) is 0. The van der Waals surface area contributed by atoms with Crippen LogP contribution in [0, 0.1) is 6.92 Å². The van der Waals surface area contributed by atoms with Gasteiger partial charge in [0.2, 0.25) is 0 Å². The van der Waals surface area contributed by atoms with Crippen LogP contribution in [0.4, 0.5) is 0 Å². The molecule has 0 fully saturated rings. The van der Waals surface area contributed by atoms with Crippen LogP contribution in [0.3, 0.4) is 0 Å². The number of benzene rings is 1. The van der Waals surface area contributed by atoms with Crippen LogP contribution >= 0.6 is 11.6 Å². The first kappa shape index (κ1) is 11.8. The van der Waals surface area contributed by atoms with Crippen LogP contribution in [0.15, 0.2) is 24.3 Å². The van der Waals surface area contributed by atoms with Crippen LogP contribution in [0.25, 0.3) is 0 Å². The topological polar surface area (TPSA) is 27.1 Å². The maximum Gasteiger partial charge on any atom is 0.133 e. The van der Waals surface area contributed by atoms with Crippen molar-refractivity contribution < 1.29 is 4.74 Å². The van der Waals surface area contributed by atoms with Crippen molar-refractivity contribution in [1.82, 2.24) is 9.78 Å². The second-order valence-electron chi connectivity index (χ2n) is 4.67. The molecule has 3 rings (SSSR count). The summed E-state index contributed by atoms with van der Waals surface area (Å²) in [5.74, 6) is 0. The molecule has 0 saturated heterocycles. The summed E-state index contributed by atoms with van der Waals surface area (Å²) in [4.78, 5) is 0. The Balaban J connectivity index is 1.91. The molecule has 1 aliphatic rings. The summed E-state index contributed by atoms with van der Waals surface area (Å²) >= 11 is 6.35. The Kier molecular flexibility index (Phi) is 3.10.